The molecular weight excluding hydrogens is 308 g/mol. The highest BCUT2D eigenvalue weighted by Gasteiger charge is 2.09. The second kappa shape index (κ2) is 5.60. The number of halogens is 3. The van der Waals surface area contributed by atoms with E-state index in [4.69, 9.17) is 0 Å². The van der Waals surface area contributed by atoms with Crippen LogP contribution in [-0.4, -0.2) is 6.54 Å². The predicted molar refractivity (Wildman–Crippen MR) is 70.6 cm³/mol. The Kier molecular flexibility index (Phi) is 4.12. The summed E-state index contributed by atoms with van der Waals surface area (Å²) < 4.78 is 27.3. The van der Waals surface area contributed by atoms with E-state index in [0.29, 0.717) is 11.0 Å². The lowest BCUT2D eigenvalue weighted by molar-refractivity contribution is 0.586. The molecule has 0 amide bonds. The van der Waals surface area contributed by atoms with Gasteiger partial charge in [-0.1, -0.05) is 15.9 Å². The van der Waals surface area contributed by atoms with E-state index < -0.39 is 11.6 Å². The van der Waals surface area contributed by atoms with E-state index in [1.54, 1.807) is 11.3 Å². The fourth-order valence-electron chi connectivity index (χ4n) is 1.48. The first-order valence-corrected chi connectivity index (χ1v) is 6.80. The fourth-order valence-corrected chi connectivity index (χ4v) is 2.58. The van der Waals surface area contributed by atoms with Gasteiger partial charge in [-0.15, -0.1) is 0 Å². The highest BCUT2D eigenvalue weighted by atomic mass is 79.9. The summed E-state index contributed by atoms with van der Waals surface area (Å²) in [4.78, 5) is 0. The molecule has 17 heavy (non-hydrogen) atoms. The Morgan fingerprint density at radius 1 is 1.24 bits per heavy atom. The number of thiophene rings is 1. The zero-order valence-corrected chi connectivity index (χ0v) is 11.2. The first-order valence-electron chi connectivity index (χ1n) is 5.06. The molecule has 1 aromatic carbocycles. The molecule has 1 aromatic heterocycles. The molecular formula is C12H10BrF2NS. The number of hydrogen-bond donors (Lipinski definition) is 1. The van der Waals surface area contributed by atoms with E-state index in [1.807, 2.05) is 16.8 Å². The molecule has 90 valence electrons. The Labute approximate surface area is 111 Å². The van der Waals surface area contributed by atoms with Gasteiger partial charge in [0.05, 0.1) is 0 Å². The lowest BCUT2D eigenvalue weighted by atomic mass is 10.2. The van der Waals surface area contributed by atoms with Crippen LogP contribution in [-0.2, 0) is 6.42 Å². The van der Waals surface area contributed by atoms with Crippen LogP contribution in [0, 0.1) is 11.6 Å². The number of hydrogen-bond acceptors (Lipinski definition) is 2. The highest BCUT2D eigenvalue weighted by molar-refractivity contribution is 9.10. The molecule has 0 aliphatic rings. The topological polar surface area (TPSA) is 12.0 Å². The molecule has 0 saturated carbocycles. The fraction of sp³-hybridized carbons (Fsp3) is 0.167. The maximum atomic E-state index is 13.4. The van der Waals surface area contributed by atoms with Crippen molar-refractivity contribution in [3.05, 3.63) is 50.6 Å². The lowest BCUT2D eigenvalue weighted by Crippen LogP contribution is -2.07. The van der Waals surface area contributed by atoms with Gasteiger partial charge in [-0.25, -0.2) is 8.78 Å². The molecule has 0 aliphatic heterocycles. The van der Waals surface area contributed by atoms with Gasteiger partial charge >= 0.3 is 0 Å². The summed E-state index contributed by atoms with van der Waals surface area (Å²) in [6.07, 6.45) is 0.748. The average Bonchev–Trinajstić information content (AvgIpc) is 2.74. The minimum Gasteiger partial charge on any atom is -0.380 e. The summed E-state index contributed by atoms with van der Waals surface area (Å²) in [6, 6.07) is 4.49. The quantitative estimate of drug-likeness (QED) is 0.878. The van der Waals surface area contributed by atoms with Gasteiger partial charge in [0.1, 0.15) is 17.3 Å². The van der Waals surface area contributed by atoms with E-state index in [9.17, 15) is 8.78 Å². The third-order valence-corrected chi connectivity index (χ3v) is 3.49. The van der Waals surface area contributed by atoms with Crippen molar-refractivity contribution in [2.24, 2.45) is 0 Å². The van der Waals surface area contributed by atoms with E-state index in [2.05, 4.69) is 21.2 Å². The van der Waals surface area contributed by atoms with E-state index in [0.717, 1.165) is 6.42 Å². The standard InChI is InChI=1S/C12H10BrF2NS/c13-9-5-10(14)12(11(15)6-9)16-3-1-8-2-4-17-7-8/h2,4-7,16H,1,3H2. The Bertz CT molecular complexity index is 476. The van der Waals surface area contributed by atoms with Crippen molar-refractivity contribution in [3.8, 4) is 0 Å². The van der Waals surface area contributed by atoms with Crippen LogP contribution in [0.2, 0.25) is 0 Å². The van der Waals surface area contributed by atoms with Gasteiger partial charge in [-0.2, -0.15) is 11.3 Å². The van der Waals surface area contributed by atoms with Gasteiger partial charge in [0.2, 0.25) is 0 Å². The zero-order chi connectivity index (χ0) is 12.3. The second-order valence-corrected chi connectivity index (χ2v) is 5.25. The Balaban J connectivity index is 1.99. The molecule has 0 atom stereocenters. The van der Waals surface area contributed by atoms with Crippen LogP contribution in [0.25, 0.3) is 0 Å². The zero-order valence-electron chi connectivity index (χ0n) is 8.84. The Morgan fingerprint density at radius 3 is 2.53 bits per heavy atom. The number of rotatable bonds is 4. The first-order chi connectivity index (χ1) is 8.16. The van der Waals surface area contributed by atoms with Gasteiger partial charge in [-0.3, -0.25) is 0 Å². The van der Waals surface area contributed by atoms with Crippen molar-refractivity contribution in [2.75, 3.05) is 11.9 Å². The summed E-state index contributed by atoms with van der Waals surface area (Å²) >= 11 is 4.65. The largest absolute Gasteiger partial charge is 0.380 e. The van der Waals surface area contributed by atoms with Crippen molar-refractivity contribution in [3.63, 3.8) is 0 Å². The molecule has 2 aromatic rings. The smallest absolute Gasteiger partial charge is 0.150 e. The van der Waals surface area contributed by atoms with Crippen LogP contribution in [0.15, 0.2) is 33.4 Å². The van der Waals surface area contributed by atoms with Gasteiger partial charge in [0.15, 0.2) is 0 Å². The highest BCUT2D eigenvalue weighted by Crippen LogP contribution is 2.23. The predicted octanol–water partition coefficient (Wildman–Crippen LogP) is 4.44. The Morgan fingerprint density at radius 2 is 1.94 bits per heavy atom. The molecule has 5 heteroatoms. The third-order valence-electron chi connectivity index (χ3n) is 2.30. The van der Waals surface area contributed by atoms with Gasteiger partial charge in [-0.05, 0) is 40.9 Å². The summed E-state index contributed by atoms with van der Waals surface area (Å²) in [6.45, 7) is 0.506. The number of anilines is 1. The number of nitrogens with one attached hydrogen (secondary N) is 1. The summed E-state index contributed by atoms with van der Waals surface area (Å²) in [7, 11) is 0. The van der Waals surface area contributed by atoms with Crippen molar-refractivity contribution in [2.45, 2.75) is 6.42 Å². The summed E-state index contributed by atoms with van der Waals surface area (Å²) in [5, 5.41) is 6.79. The molecule has 0 aliphatic carbocycles. The molecule has 0 spiro atoms. The van der Waals surface area contributed by atoms with Crippen molar-refractivity contribution >= 4 is 33.0 Å². The van der Waals surface area contributed by atoms with Crippen molar-refractivity contribution < 1.29 is 8.78 Å². The average molecular weight is 318 g/mol. The third kappa shape index (κ3) is 3.26. The van der Waals surface area contributed by atoms with Crippen LogP contribution in [0.1, 0.15) is 5.56 Å². The molecule has 0 saturated heterocycles. The van der Waals surface area contributed by atoms with Gasteiger partial charge in [0, 0.05) is 11.0 Å². The SMILES string of the molecule is Fc1cc(Br)cc(F)c1NCCc1ccsc1. The minimum atomic E-state index is -0.581. The minimum absolute atomic E-state index is 0.0663. The monoisotopic (exact) mass is 317 g/mol. The van der Waals surface area contributed by atoms with Crippen LogP contribution < -0.4 is 5.32 Å². The maximum absolute atomic E-state index is 13.4. The molecule has 0 fully saturated rings. The second-order valence-electron chi connectivity index (χ2n) is 3.55. The van der Waals surface area contributed by atoms with E-state index >= 15 is 0 Å². The molecule has 1 nitrogen and oxygen atoms in total. The molecule has 1 heterocycles. The van der Waals surface area contributed by atoms with Crippen molar-refractivity contribution in [1.82, 2.24) is 0 Å². The molecule has 2 rings (SSSR count). The lowest BCUT2D eigenvalue weighted by Gasteiger charge is -2.08. The Hall–Kier alpha value is -0.940. The van der Waals surface area contributed by atoms with Crippen LogP contribution in [0.4, 0.5) is 14.5 Å². The summed E-state index contributed by atoms with van der Waals surface area (Å²) in [5.41, 5.74) is 1.10. The summed E-state index contributed by atoms with van der Waals surface area (Å²) in [5.74, 6) is -1.16. The normalized spacial score (nSPS) is 10.5. The molecule has 0 unspecified atom stereocenters. The van der Waals surface area contributed by atoms with Crippen LogP contribution in [0.3, 0.4) is 0 Å². The van der Waals surface area contributed by atoms with E-state index in [-0.39, 0.29) is 5.69 Å². The van der Waals surface area contributed by atoms with Crippen molar-refractivity contribution in [1.29, 1.82) is 0 Å². The molecule has 0 bridgehead atoms. The molecule has 0 radical (unpaired) electrons. The van der Waals surface area contributed by atoms with Gasteiger partial charge in [0.25, 0.3) is 0 Å². The van der Waals surface area contributed by atoms with Crippen LogP contribution in [0.5, 0.6) is 0 Å². The first kappa shape index (κ1) is 12.5. The maximum Gasteiger partial charge on any atom is 0.150 e. The van der Waals surface area contributed by atoms with E-state index in [1.165, 1.54) is 17.7 Å². The molecule has 1 N–H and O–H groups in total. The van der Waals surface area contributed by atoms with Crippen LogP contribution >= 0.6 is 27.3 Å². The number of benzene rings is 1. The van der Waals surface area contributed by atoms with Gasteiger partial charge < -0.3 is 5.32 Å².